The third-order valence-electron chi connectivity index (χ3n) is 2.26. The van der Waals surface area contributed by atoms with Crippen LogP contribution in [0, 0.1) is 17.5 Å². The summed E-state index contributed by atoms with van der Waals surface area (Å²) in [6.07, 6.45) is 0. The molecular formula is C10H13F3OSi. The van der Waals surface area contributed by atoms with E-state index in [-0.39, 0.29) is 11.6 Å². The lowest BCUT2D eigenvalue weighted by atomic mass is 10.2. The van der Waals surface area contributed by atoms with Gasteiger partial charge in [0.2, 0.25) is 0 Å². The van der Waals surface area contributed by atoms with Crippen LogP contribution in [0.25, 0.3) is 0 Å². The van der Waals surface area contributed by atoms with Crippen LogP contribution in [0.1, 0.15) is 5.56 Å². The molecule has 1 aromatic carbocycles. The molecule has 0 fully saturated rings. The van der Waals surface area contributed by atoms with Crippen LogP contribution in [0.15, 0.2) is 12.1 Å². The maximum absolute atomic E-state index is 13.3. The van der Waals surface area contributed by atoms with Crippen molar-refractivity contribution < 1.29 is 17.6 Å². The second kappa shape index (κ2) is 4.36. The van der Waals surface area contributed by atoms with Gasteiger partial charge in [-0.05, 0) is 19.1 Å². The van der Waals surface area contributed by atoms with Gasteiger partial charge in [0.1, 0.15) is 17.5 Å². The highest BCUT2D eigenvalue weighted by Crippen LogP contribution is 2.20. The molecule has 5 heteroatoms. The molecule has 0 saturated carbocycles. The van der Waals surface area contributed by atoms with E-state index in [1.54, 1.807) is 0 Å². The summed E-state index contributed by atoms with van der Waals surface area (Å²) in [5.41, 5.74) is -0.0880. The maximum atomic E-state index is 13.3. The summed E-state index contributed by atoms with van der Waals surface area (Å²) in [4.78, 5) is 0. The van der Waals surface area contributed by atoms with Gasteiger partial charge in [-0.2, -0.15) is 0 Å². The standard InChI is InChI=1S/C10H13F3OSi/c1-14-15(2,3)6-8-9(12)4-7(11)5-10(8)13/h4-5H,6H2,1-3H3. The fraction of sp³-hybridized carbons (Fsp3) is 0.400. The van der Waals surface area contributed by atoms with Crippen LogP contribution in [0.2, 0.25) is 13.1 Å². The van der Waals surface area contributed by atoms with Crippen LogP contribution in [0.4, 0.5) is 13.2 Å². The lowest BCUT2D eigenvalue weighted by Gasteiger charge is -2.20. The molecule has 0 aliphatic rings. The molecule has 1 rings (SSSR count). The molecule has 15 heavy (non-hydrogen) atoms. The Bertz CT molecular complexity index is 343. The summed E-state index contributed by atoms with van der Waals surface area (Å²) in [7, 11) is -0.581. The average Bonchev–Trinajstić information content (AvgIpc) is 2.11. The van der Waals surface area contributed by atoms with Gasteiger partial charge in [0, 0.05) is 24.8 Å². The molecule has 0 N–H and O–H groups in total. The molecule has 0 radical (unpaired) electrons. The fourth-order valence-electron chi connectivity index (χ4n) is 1.24. The van der Waals surface area contributed by atoms with Crippen LogP contribution in [-0.4, -0.2) is 15.4 Å². The van der Waals surface area contributed by atoms with E-state index < -0.39 is 25.8 Å². The molecule has 1 nitrogen and oxygen atoms in total. The number of halogens is 3. The van der Waals surface area contributed by atoms with Gasteiger partial charge in [0.25, 0.3) is 0 Å². The molecule has 0 atom stereocenters. The van der Waals surface area contributed by atoms with E-state index >= 15 is 0 Å². The predicted octanol–water partition coefficient (Wildman–Crippen LogP) is 3.04. The van der Waals surface area contributed by atoms with Crippen LogP contribution in [0.5, 0.6) is 0 Å². The quantitative estimate of drug-likeness (QED) is 0.730. The normalized spacial score (nSPS) is 11.9. The second-order valence-electron chi connectivity index (χ2n) is 3.99. The molecule has 1 aromatic rings. The molecule has 0 bridgehead atoms. The largest absolute Gasteiger partial charge is 0.420 e. The Labute approximate surface area is 88.0 Å². The Balaban J connectivity index is 3.05. The van der Waals surface area contributed by atoms with Crippen molar-refractivity contribution in [2.45, 2.75) is 19.1 Å². The van der Waals surface area contributed by atoms with Crippen LogP contribution in [-0.2, 0) is 10.5 Å². The molecule has 0 aliphatic carbocycles. The van der Waals surface area contributed by atoms with E-state index in [0.29, 0.717) is 12.1 Å². The summed E-state index contributed by atoms with van der Waals surface area (Å²) in [5.74, 6) is -2.58. The highest BCUT2D eigenvalue weighted by atomic mass is 28.4. The summed E-state index contributed by atoms with van der Waals surface area (Å²) in [6.45, 7) is 3.68. The summed E-state index contributed by atoms with van der Waals surface area (Å²) >= 11 is 0. The summed E-state index contributed by atoms with van der Waals surface area (Å²) in [6, 6.07) is 1.58. The zero-order chi connectivity index (χ0) is 11.6. The van der Waals surface area contributed by atoms with E-state index in [1.807, 2.05) is 13.1 Å². The van der Waals surface area contributed by atoms with Crippen molar-refractivity contribution >= 4 is 8.32 Å². The van der Waals surface area contributed by atoms with Gasteiger partial charge in [0.15, 0.2) is 8.32 Å². The van der Waals surface area contributed by atoms with E-state index in [9.17, 15) is 13.2 Å². The number of benzene rings is 1. The highest BCUT2D eigenvalue weighted by Gasteiger charge is 2.25. The molecule has 0 aliphatic heterocycles. The van der Waals surface area contributed by atoms with Crippen molar-refractivity contribution in [3.8, 4) is 0 Å². The third kappa shape index (κ3) is 3.07. The Hall–Kier alpha value is -0.813. The molecular weight excluding hydrogens is 221 g/mol. The van der Waals surface area contributed by atoms with E-state index in [4.69, 9.17) is 4.43 Å². The first-order valence-electron chi connectivity index (χ1n) is 4.54. The highest BCUT2D eigenvalue weighted by molar-refractivity contribution is 6.70. The lowest BCUT2D eigenvalue weighted by molar-refractivity contribution is 0.400. The van der Waals surface area contributed by atoms with Crippen molar-refractivity contribution in [2.75, 3.05) is 7.11 Å². The van der Waals surface area contributed by atoms with Gasteiger partial charge in [0.05, 0.1) is 0 Å². The Morgan fingerprint density at radius 2 is 1.60 bits per heavy atom. The monoisotopic (exact) mass is 234 g/mol. The van der Waals surface area contributed by atoms with Crippen LogP contribution < -0.4 is 0 Å². The third-order valence-corrected chi connectivity index (χ3v) is 4.57. The topological polar surface area (TPSA) is 9.23 Å². The molecule has 0 aromatic heterocycles. The van der Waals surface area contributed by atoms with Crippen molar-refractivity contribution in [1.82, 2.24) is 0 Å². The number of rotatable bonds is 3. The molecule has 84 valence electrons. The minimum atomic E-state index is -2.10. The Morgan fingerprint density at radius 1 is 1.13 bits per heavy atom. The van der Waals surface area contributed by atoms with E-state index in [0.717, 1.165) is 0 Å². The van der Waals surface area contributed by atoms with Crippen molar-refractivity contribution in [1.29, 1.82) is 0 Å². The molecule has 0 saturated heterocycles. The van der Waals surface area contributed by atoms with E-state index in [1.165, 1.54) is 7.11 Å². The van der Waals surface area contributed by atoms with Gasteiger partial charge in [-0.3, -0.25) is 0 Å². The van der Waals surface area contributed by atoms with Gasteiger partial charge in [-0.25, -0.2) is 13.2 Å². The fourth-order valence-corrected chi connectivity index (χ4v) is 2.57. The molecule has 0 amide bonds. The number of hydrogen-bond acceptors (Lipinski definition) is 1. The zero-order valence-electron chi connectivity index (χ0n) is 8.90. The first kappa shape index (κ1) is 12.3. The zero-order valence-corrected chi connectivity index (χ0v) is 9.90. The molecule has 0 spiro atoms. The number of hydrogen-bond donors (Lipinski definition) is 0. The van der Waals surface area contributed by atoms with Crippen molar-refractivity contribution in [3.63, 3.8) is 0 Å². The minimum absolute atomic E-state index is 0.0880. The minimum Gasteiger partial charge on any atom is -0.420 e. The predicted molar refractivity (Wildman–Crippen MR) is 54.5 cm³/mol. The van der Waals surface area contributed by atoms with Gasteiger partial charge in [-0.1, -0.05) is 0 Å². The smallest absolute Gasteiger partial charge is 0.190 e. The molecule has 0 heterocycles. The summed E-state index contributed by atoms with van der Waals surface area (Å²) < 4.78 is 44.3. The van der Waals surface area contributed by atoms with Gasteiger partial charge in [-0.15, -0.1) is 0 Å². The average molecular weight is 234 g/mol. The van der Waals surface area contributed by atoms with Crippen molar-refractivity contribution in [3.05, 3.63) is 35.1 Å². The van der Waals surface area contributed by atoms with Crippen molar-refractivity contribution in [2.24, 2.45) is 0 Å². The Morgan fingerprint density at radius 3 is 2.00 bits per heavy atom. The maximum Gasteiger partial charge on any atom is 0.190 e. The Kier molecular flexibility index (Phi) is 3.57. The SMILES string of the molecule is CO[Si](C)(C)Cc1c(F)cc(F)cc1F. The first-order valence-corrected chi connectivity index (χ1v) is 7.66. The van der Waals surface area contributed by atoms with Gasteiger partial charge >= 0.3 is 0 Å². The lowest BCUT2D eigenvalue weighted by Crippen LogP contribution is -2.33. The molecule has 0 unspecified atom stereocenters. The summed E-state index contributed by atoms with van der Waals surface area (Å²) in [5, 5.41) is 0. The van der Waals surface area contributed by atoms with Crippen LogP contribution >= 0.6 is 0 Å². The second-order valence-corrected chi connectivity index (χ2v) is 8.27. The van der Waals surface area contributed by atoms with Gasteiger partial charge < -0.3 is 4.43 Å². The first-order chi connectivity index (χ1) is 6.85. The van der Waals surface area contributed by atoms with Crippen LogP contribution in [0.3, 0.4) is 0 Å². The van der Waals surface area contributed by atoms with E-state index in [2.05, 4.69) is 0 Å².